The van der Waals surface area contributed by atoms with Crippen molar-refractivity contribution in [3.8, 4) is 0 Å². The van der Waals surface area contributed by atoms with Crippen LogP contribution in [0.15, 0.2) is 30.6 Å². The van der Waals surface area contributed by atoms with Crippen LogP contribution in [0.5, 0.6) is 0 Å². The molecule has 0 bridgehead atoms. The molecule has 0 spiro atoms. The van der Waals surface area contributed by atoms with Crippen molar-refractivity contribution in [1.82, 2.24) is 14.9 Å². The molecule has 23 heavy (non-hydrogen) atoms. The molecule has 1 aromatic heterocycles. The van der Waals surface area contributed by atoms with Crippen LogP contribution in [0.3, 0.4) is 0 Å². The molecule has 2 aromatic rings. The molecule has 2 atom stereocenters. The molecule has 2 aliphatic rings. The summed E-state index contributed by atoms with van der Waals surface area (Å²) in [7, 11) is 0. The molecule has 1 aliphatic carbocycles. The second-order valence-corrected chi connectivity index (χ2v) is 6.50. The minimum Gasteiger partial charge on any atom is -0.481 e. The Morgan fingerprint density at radius 3 is 2.74 bits per heavy atom. The highest BCUT2D eigenvalue weighted by Gasteiger charge is 2.55. The number of aromatic nitrogens is 2. The fraction of sp³-hybridized carbons (Fsp3) is 0.412. The van der Waals surface area contributed by atoms with E-state index in [4.69, 9.17) is 0 Å². The normalized spacial score (nSPS) is 26.4. The summed E-state index contributed by atoms with van der Waals surface area (Å²) in [6.45, 7) is 0.841. The zero-order valence-electron chi connectivity index (χ0n) is 12.6. The zero-order valence-corrected chi connectivity index (χ0v) is 12.6. The lowest BCUT2D eigenvalue weighted by atomic mass is 9.81. The van der Waals surface area contributed by atoms with E-state index in [-0.39, 0.29) is 11.8 Å². The molecule has 0 unspecified atom stereocenters. The number of aliphatic carboxylic acids is 1. The van der Waals surface area contributed by atoms with Crippen molar-refractivity contribution in [2.45, 2.75) is 19.3 Å². The van der Waals surface area contributed by atoms with E-state index in [0.717, 1.165) is 18.4 Å². The molecule has 2 fully saturated rings. The molecule has 2 heterocycles. The minimum absolute atomic E-state index is 0.0733. The van der Waals surface area contributed by atoms with Crippen LogP contribution in [0, 0.1) is 11.3 Å². The summed E-state index contributed by atoms with van der Waals surface area (Å²) in [5.74, 6) is -0.809. The summed E-state index contributed by atoms with van der Waals surface area (Å²) >= 11 is 0. The van der Waals surface area contributed by atoms with Crippen molar-refractivity contribution in [2.75, 3.05) is 13.1 Å². The van der Waals surface area contributed by atoms with E-state index in [2.05, 4.69) is 9.97 Å². The number of rotatable bonds is 2. The second-order valence-electron chi connectivity index (χ2n) is 6.50. The molecule has 6 heteroatoms. The Labute approximate surface area is 133 Å². The average Bonchev–Trinajstić information content (AvgIpc) is 3.12. The van der Waals surface area contributed by atoms with E-state index in [1.807, 2.05) is 0 Å². The van der Waals surface area contributed by atoms with Crippen LogP contribution in [0.4, 0.5) is 0 Å². The molecule has 6 nitrogen and oxygen atoms in total. The third-order valence-corrected chi connectivity index (χ3v) is 5.30. The Hall–Kier alpha value is -2.50. The van der Waals surface area contributed by atoms with Gasteiger partial charge >= 0.3 is 5.97 Å². The standard InChI is InChI=1S/C17H17N3O3/c21-15(11-3-4-13-14(8-11)19-7-6-18-13)20-9-12-2-1-5-17(12,10-20)16(22)23/h3-4,6-8,12H,1-2,5,9-10H2,(H,22,23)/t12-,17+/m0/s1. The van der Waals surface area contributed by atoms with Gasteiger partial charge in [0.05, 0.1) is 16.4 Å². The van der Waals surface area contributed by atoms with Crippen LogP contribution in [0.1, 0.15) is 29.6 Å². The summed E-state index contributed by atoms with van der Waals surface area (Å²) in [5.41, 5.74) is 1.21. The van der Waals surface area contributed by atoms with Crippen LogP contribution >= 0.6 is 0 Å². The largest absolute Gasteiger partial charge is 0.481 e. The zero-order chi connectivity index (χ0) is 16.0. The first-order valence-corrected chi connectivity index (χ1v) is 7.84. The first-order valence-electron chi connectivity index (χ1n) is 7.84. The van der Waals surface area contributed by atoms with Gasteiger partial charge < -0.3 is 10.0 Å². The number of carbonyl (C=O) groups is 2. The van der Waals surface area contributed by atoms with Gasteiger partial charge in [0.15, 0.2) is 0 Å². The highest BCUT2D eigenvalue weighted by Crippen LogP contribution is 2.49. The summed E-state index contributed by atoms with van der Waals surface area (Å²) < 4.78 is 0. The predicted molar refractivity (Wildman–Crippen MR) is 82.9 cm³/mol. The number of amides is 1. The van der Waals surface area contributed by atoms with E-state index in [0.29, 0.717) is 30.6 Å². The fourth-order valence-corrected chi connectivity index (χ4v) is 4.07. The highest BCUT2D eigenvalue weighted by atomic mass is 16.4. The number of likely N-dealkylation sites (tertiary alicyclic amines) is 1. The number of carboxylic acid groups (broad SMARTS) is 1. The number of hydrogen-bond acceptors (Lipinski definition) is 4. The third-order valence-electron chi connectivity index (χ3n) is 5.30. The molecule has 4 rings (SSSR count). The Morgan fingerprint density at radius 1 is 1.22 bits per heavy atom. The SMILES string of the molecule is O=C(c1ccc2nccnc2c1)N1C[C@@H]2CCC[C@@]2(C(=O)O)C1. The van der Waals surface area contributed by atoms with E-state index in [9.17, 15) is 14.7 Å². The lowest BCUT2D eigenvalue weighted by Gasteiger charge is -2.23. The lowest BCUT2D eigenvalue weighted by molar-refractivity contribution is -0.149. The van der Waals surface area contributed by atoms with Gasteiger partial charge in [-0.2, -0.15) is 0 Å². The van der Waals surface area contributed by atoms with Gasteiger partial charge in [-0.05, 0) is 37.0 Å². The highest BCUT2D eigenvalue weighted by molar-refractivity contribution is 5.98. The van der Waals surface area contributed by atoms with E-state index >= 15 is 0 Å². The number of carbonyl (C=O) groups excluding carboxylic acids is 1. The van der Waals surface area contributed by atoms with Gasteiger partial charge in [-0.15, -0.1) is 0 Å². The first kappa shape index (κ1) is 14.1. The molecule has 1 N–H and O–H groups in total. The van der Waals surface area contributed by atoms with Gasteiger partial charge in [-0.1, -0.05) is 6.42 Å². The van der Waals surface area contributed by atoms with Crippen molar-refractivity contribution in [1.29, 1.82) is 0 Å². The van der Waals surface area contributed by atoms with E-state index in [1.54, 1.807) is 35.5 Å². The molecule has 1 aromatic carbocycles. The topological polar surface area (TPSA) is 83.4 Å². The van der Waals surface area contributed by atoms with Crippen LogP contribution in [-0.4, -0.2) is 44.9 Å². The average molecular weight is 311 g/mol. The molecular formula is C17H17N3O3. The van der Waals surface area contributed by atoms with Gasteiger partial charge in [0.2, 0.25) is 0 Å². The Kier molecular flexibility index (Phi) is 3.07. The Morgan fingerprint density at radius 2 is 2.00 bits per heavy atom. The molecular weight excluding hydrogens is 294 g/mol. The number of hydrogen-bond donors (Lipinski definition) is 1. The van der Waals surface area contributed by atoms with Crippen molar-refractivity contribution in [2.24, 2.45) is 11.3 Å². The van der Waals surface area contributed by atoms with E-state index < -0.39 is 11.4 Å². The van der Waals surface area contributed by atoms with Crippen LogP contribution in [0.25, 0.3) is 11.0 Å². The number of benzene rings is 1. The first-order chi connectivity index (χ1) is 11.1. The van der Waals surface area contributed by atoms with Crippen LogP contribution < -0.4 is 0 Å². The van der Waals surface area contributed by atoms with Crippen LogP contribution in [-0.2, 0) is 4.79 Å². The molecule has 0 radical (unpaired) electrons. The van der Waals surface area contributed by atoms with Crippen molar-refractivity contribution < 1.29 is 14.7 Å². The predicted octanol–water partition coefficient (Wildman–Crippen LogP) is 1.96. The second kappa shape index (κ2) is 5.01. The third kappa shape index (κ3) is 2.09. The smallest absolute Gasteiger partial charge is 0.311 e. The van der Waals surface area contributed by atoms with Gasteiger partial charge in [0.1, 0.15) is 0 Å². The maximum absolute atomic E-state index is 12.8. The van der Waals surface area contributed by atoms with Gasteiger partial charge in [0.25, 0.3) is 5.91 Å². The Bertz CT molecular complexity index is 807. The van der Waals surface area contributed by atoms with Crippen molar-refractivity contribution in [3.05, 3.63) is 36.2 Å². The molecule has 1 aliphatic heterocycles. The number of fused-ring (bicyclic) bond motifs is 2. The molecule has 1 saturated carbocycles. The number of carboxylic acids is 1. The summed E-state index contributed by atoms with van der Waals surface area (Å²) in [6, 6.07) is 5.24. The van der Waals surface area contributed by atoms with Gasteiger partial charge in [-0.25, -0.2) is 0 Å². The van der Waals surface area contributed by atoms with Crippen molar-refractivity contribution >= 4 is 22.9 Å². The Balaban J connectivity index is 1.63. The minimum atomic E-state index is -0.764. The lowest BCUT2D eigenvalue weighted by Crippen LogP contribution is -2.37. The maximum atomic E-state index is 12.8. The fourth-order valence-electron chi connectivity index (χ4n) is 4.07. The molecule has 1 saturated heterocycles. The van der Waals surface area contributed by atoms with E-state index in [1.165, 1.54) is 0 Å². The van der Waals surface area contributed by atoms with Crippen LogP contribution in [0.2, 0.25) is 0 Å². The summed E-state index contributed by atoms with van der Waals surface area (Å²) in [6.07, 6.45) is 5.70. The van der Waals surface area contributed by atoms with Gasteiger partial charge in [-0.3, -0.25) is 19.6 Å². The summed E-state index contributed by atoms with van der Waals surface area (Å²) in [5, 5.41) is 9.63. The number of nitrogens with zero attached hydrogens (tertiary/aromatic N) is 3. The molecule has 118 valence electrons. The van der Waals surface area contributed by atoms with Gasteiger partial charge in [0, 0.05) is 31.0 Å². The summed E-state index contributed by atoms with van der Waals surface area (Å²) in [4.78, 5) is 34.6. The maximum Gasteiger partial charge on any atom is 0.311 e. The monoisotopic (exact) mass is 311 g/mol. The molecule has 1 amide bonds. The van der Waals surface area contributed by atoms with Crippen molar-refractivity contribution in [3.63, 3.8) is 0 Å². The quantitative estimate of drug-likeness (QED) is 0.916.